The molecule has 4 rings (SSSR count). The second-order valence-corrected chi connectivity index (χ2v) is 12.2. The molecule has 0 aliphatic carbocycles. The van der Waals surface area contributed by atoms with Crippen LogP contribution in [-0.2, 0) is 29.9 Å². The third kappa shape index (κ3) is 6.54. The van der Waals surface area contributed by atoms with Gasteiger partial charge >= 0.3 is 0 Å². The molecule has 2 amide bonds. The molecule has 13 heteroatoms. The zero-order valence-electron chi connectivity index (χ0n) is 22.4. The normalized spacial score (nSPS) is 17.0. The largest absolute Gasteiger partial charge is 0.418 e. The van der Waals surface area contributed by atoms with Crippen LogP contribution in [0.3, 0.4) is 0 Å². The number of hydrogen-bond acceptors (Lipinski definition) is 10. The minimum Gasteiger partial charge on any atom is -0.418 e. The van der Waals surface area contributed by atoms with E-state index in [-0.39, 0.29) is 18.2 Å². The van der Waals surface area contributed by atoms with Gasteiger partial charge in [0.05, 0.1) is 31.4 Å². The van der Waals surface area contributed by atoms with Crippen LogP contribution in [0.4, 0.5) is 0 Å². The highest BCUT2D eigenvalue weighted by Gasteiger charge is 2.49. The summed E-state index contributed by atoms with van der Waals surface area (Å²) in [6, 6.07) is 10.8. The van der Waals surface area contributed by atoms with Gasteiger partial charge in [0.1, 0.15) is 0 Å². The van der Waals surface area contributed by atoms with Crippen molar-refractivity contribution in [1.82, 2.24) is 25.4 Å². The highest BCUT2D eigenvalue weighted by molar-refractivity contribution is 7.92. The summed E-state index contributed by atoms with van der Waals surface area (Å²) in [6.07, 6.45) is 1.34. The van der Waals surface area contributed by atoms with Crippen molar-refractivity contribution in [2.75, 3.05) is 26.3 Å². The van der Waals surface area contributed by atoms with Gasteiger partial charge in [-0.3, -0.25) is 14.6 Å². The van der Waals surface area contributed by atoms with E-state index in [2.05, 4.69) is 20.5 Å². The number of hydrogen-bond donors (Lipinski definition) is 2. The number of ether oxygens (including phenoxy) is 1. The number of aliphatic hydroxyl groups is 1. The van der Waals surface area contributed by atoms with Crippen LogP contribution in [-0.4, -0.2) is 82.5 Å². The lowest BCUT2D eigenvalue weighted by atomic mass is 10.0. The van der Waals surface area contributed by atoms with Gasteiger partial charge in [-0.2, -0.15) is 0 Å². The van der Waals surface area contributed by atoms with E-state index in [0.29, 0.717) is 37.4 Å². The summed E-state index contributed by atoms with van der Waals surface area (Å²) in [7, 11) is -4.21. The van der Waals surface area contributed by atoms with Crippen molar-refractivity contribution < 1.29 is 32.3 Å². The molecule has 1 aliphatic heterocycles. The van der Waals surface area contributed by atoms with E-state index < -0.39 is 50.7 Å². The number of aliphatic hydroxyl groups excluding tert-OH is 1. The Bertz CT molecular complexity index is 1390. The Morgan fingerprint density at radius 1 is 1.10 bits per heavy atom. The number of aromatic nitrogens is 3. The van der Waals surface area contributed by atoms with Crippen molar-refractivity contribution in [3.8, 4) is 11.5 Å². The van der Waals surface area contributed by atoms with Crippen LogP contribution in [0.1, 0.15) is 44.2 Å². The fourth-order valence-electron chi connectivity index (χ4n) is 4.36. The van der Waals surface area contributed by atoms with Crippen molar-refractivity contribution in [3.63, 3.8) is 0 Å². The molecule has 3 heterocycles. The highest BCUT2D eigenvalue weighted by Crippen LogP contribution is 2.29. The Hall–Kier alpha value is -3.68. The standard InChI is InChI=1S/C27H33N5O7S/c1-3-21(23(34)25-31-30-24(39-25)20-9-11-28-12-10-20)29-26(35)27(2,17-22(33)32-13-15-38-16-14-32)40(36,37)18-19-7-5-4-6-8-19/h4-12,21,23,34H,3,13-18H2,1-2H3,(H,29,35). The van der Waals surface area contributed by atoms with Gasteiger partial charge in [-0.05, 0) is 31.0 Å². The molecule has 0 saturated carbocycles. The number of nitrogens with one attached hydrogen (secondary N) is 1. The Balaban J connectivity index is 1.58. The first-order valence-electron chi connectivity index (χ1n) is 13.0. The van der Waals surface area contributed by atoms with Gasteiger partial charge in [0.25, 0.3) is 0 Å². The maximum absolute atomic E-state index is 13.8. The van der Waals surface area contributed by atoms with Gasteiger partial charge in [-0.15, -0.1) is 10.2 Å². The van der Waals surface area contributed by atoms with Crippen molar-refractivity contribution in [3.05, 3.63) is 66.3 Å². The monoisotopic (exact) mass is 571 g/mol. The van der Waals surface area contributed by atoms with Gasteiger partial charge in [0.15, 0.2) is 20.7 Å². The molecule has 3 unspecified atom stereocenters. The number of carbonyl (C=O) groups is 2. The smallest absolute Gasteiger partial charge is 0.248 e. The molecule has 0 radical (unpaired) electrons. The van der Waals surface area contributed by atoms with Gasteiger partial charge in [0, 0.05) is 31.0 Å². The number of carbonyl (C=O) groups excluding carboxylic acids is 2. The summed E-state index contributed by atoms with van der Waals surface area (Å²) in [5, 5.41) is 21.5. The van der Waals surface area contributed by atoms with Gasteiger partial charge in [-0.25, -0.2) is 8.42 Å². The lowest BCUT2D eigenvalue weighted by Gasteiger charge is -2.34. The first-order valence-corrected chi connectivity index (χ1v) is 14.6. The Labute approximate surface area is 232 Å². The topological polar surface area (TPSA) is 165 Å². The molecule has 40 heavy (non-hydrogen) atoms. The van der Waals surface area contributed by atoms with Crippen LogP contribution in [0.15, 0.2) is 59.3 Å². The van der Waals surface area contributed by atoms with E-state index in [4.69, 9.17) is 9.15 Å². The molecule has 1 saturated heterocycles. The number of sulfone groups is 1. The molecule has 1 aliphatic rings. The maximum Gasteiger partial charge on any atom is 0.248 e. The molecule has 214 valence electrons. The summed E-state index contributed by atoms with van der Waals surface area (Å²) < 4.78 is 36.4. The molecular weight excluding hydrogens is 538 g/mol. The molecule has 0 spiro atoms. The first kappa shape index (κ1) is 29.3. The summed E-state index contributed by atoms with van der Waals surface area (Å²) >= 11 is 0. The Morgan fingerprint density at radius 2 is 1.77 bits per heavy atom. The van der Waals surface area contributed by atoms with Crippen molar-refractivity contribution in [2.45, 2.75) is 49.3 Å². The number of amides is 2. The molecule has 2 aromatic heterocycles. The second-order valence-electron chi connectivity index (χ2n) is 9.76. The summed E-state index contributed by atoms with van der Waals surface area (Å²) in [4.78, 5) is 32.4. The maximum atomic E-state index is 13.8. The molecule has 1 aromatic carbocycles. The van der Waals surface area contributed by atoms with Crippen LogP contribution in [0.25, 0.3) is 11.5 Å². The van der Waals surface area contributed by atoms with Gasteiger partial charge in [-0.1, -0.05) is 37.3 Å². The lowest BCUT2D eigenvalue weighted by Crippen LogP contribution is -2.57. The third-order valence-electron chi connectivity index (χ3n) is 6.98. The Kier molecular flexibility index (Phi) is 9.28. The van der Waals surface area contributed by atoms with Crippen molar-refractivity contribution >= 4 is 21.7 Å². The van der Waals surface area contributed by atoms with E-state index in [1.807, 2.05) is 0 Å². The number of pyridine rings is 1. The molecular formula is C27H33N5O7S. The zero-order chi connectivity index (χ0) is 28.8. The first-order chi connectivity index (χ1) is 19.1. The predicted molar refractivity (Wildman–Crippen MR) is 144 cm³/mol. The fraction of sp³-hybridized carbons (Fsp3) is 0.444. The highest BCUT2D eigenvalue weighted by atomic mass is 32.2. The van der Waals surface area contributed by atoms with Gasteiger partial charge in [0.2, 0.25) is 23.6 Å². The van der Waals surface area contributed by atoms with E-state index in [1.54, 1.807) is 61.8 Å². The van der Waals surface area contributed by atoms with Crippen molar-refractivity contribution in [2.24, 2.45) is 0 Å². The van der Waals surface area contributed by atoms with Crippen molar-refractivity contribution in [1.29, 1.82) is 0 Å². The minimum atomic E-state index is -4.21. The van der Waals surface area contributed by atoms with Crippen LogP contribution >= 0.6 is 0 Å². The molecule has 12 nitrogen and oxygen atoms in total. The quantitative estimate of drug-likeness (QED) is 0.346. The SMILES string of the molecule is CCC(NC(=O)C(C)(CC(=O)N1CCOCC1)S(=O)(=O)Cc1ccccc1)C(O)c1nnc(-c2ccncc2)o1. The number of morpholine rings is 1. The average Bonchev–Trinajstić information content (AvgIpc) is 3.47. The zero-order valence-corrected chi connectivity index (χ0v) is 23.2. The van der Waals surface area contributed by atoms with E-state index in [0.717, 1.165) is 0 Å². The fourth-order valence-corrected chi connectivity index (χ4v) is 5.99. The van der Waals surface area contributed by atoms with Crippen LogP contribution in [0.2, 0.25) is 0 Å². The van der Waals surface area contributed by atoms with Crippen LogP contribution < -0.4 is 5.32 Å². The van der Waals surface area contributed by atoms with E-state index in [1.165, 1.54) is 11.8 Å². The number of nitrogens with zero attached hydrogens (tertiary/aromatic N) is 4. The molecule has 3 aromatic rings. The summed E-state index contributed by atoms with van der Waals surface area (Å²) in [5.74, 6) is -1.79. The third-order valence-corrected chi connectivity index (χ3v) is 9.39. The lowest BCUT2D eigenvalue weighted by molar-refractivity contribution is -0.138. The molecule has 1 fully saturated rings. The molecule has 3 atom stereocenters. The Morgan fingerprint density at radius 3 is 2.42 bits per heavy atom. The predicted octanol–water partition coefficient (Wildman–Crippen LogP) is 1.68. The summed E-state index contributed by atoms with van der Waals surface area (Å²) in [5.41, 5.74) is 1.08. The molecule has 0 bridgehead atoms. The van der Waals surface area contributed by atoms with E-state index >= 15 is 0 Å². The number of rotatable bonds is 11. The average molecular weight is 572 g/mol. The van der Waals surface area contributed by atoms with Crippen LogP contribution in [0, 0.1) is 0 Å². The second kappa shape index (κ2) is 12.7. The summed E-state index contributed by atoms with van der Waals surface area (Å²) in [6.45, 7) is 4.25. The van der Waals surface area contributed by atoms with Gasteiger partial charge < -0.3 is 24.5 Å². The van der Waals surface area contributed by atoms with E-state index in [9.17, 15) is 23.1 Å². The molecule has 2 N–H and O–H groups in total. The minimum absolute atomic E-state index is 0.141. The number of benzene rings is 1. The van der Waals surface area contributed by atoms with Crippen LogP contribution in [0.5, 0.6) is 0 Å².